The van der Waals surface area contributed by atoms with Crippen molar-refractivity contribution in [1.29, 1.82) is 0 Å². The molecular formula is C17H18ClNO. The van der Waals surface area contributed by atoms with Crippen LogP contribution in [0.5, 0.6) is 0 Å². The van der Waals surface area contributed by atoms with E-state index >= 15 is 0 Å². The molecule has 2 aromatic carbocycles. The standard InChI is InChI=1S/C17H18ClNO/c1-17(20,9-4-10-19(2)3)15-7-5-14-12-16(18)8-6-13(14)11-15/h5-8,11-12,20H,10H2,1-3H3. The van der Waals surface area contributed by atoms with Crippen LogP contribution in [0.1, 0.15) is 12.5 Å². The third kappa shape index (κ3) is 3.52. The number of fused-ring (bicyclic) bond motifs is 1. The summed E-state index contributed by atoms with van der Waals surface area (Å²) in [7, 11) is 3.90. The van der Waals surface area contributed by atoms with Crippen LogP contribution in [0.3, 0.4) is 0 Å². The molecule has 0 aliphatic rings. The highest BCUT2D eigenvalue weighted by Crippen LogP contribution is 2.26. The second-order valence-electron chi connectivity index (χ2n) is 5.32. The number of hydrogen-bond donors (Lipinski definition) is 1. The quantitative estimate of drug-likeness (QED) is 0.857. The summed E-state index contributed by atoms with van der Waals surface area (Å²) >= 11 is 5.97. The Hall–Kier alpha value is -1.53. The van der Waals surface area contributed by atoms with E-state index in [2.05, 4.69) is 11.8 Å². The lowest BCUT2D eigenvalue weighted by Crippen LogP contribution is -2.19. The molecule has 0 fully saturated rings. The zero-order valence-electron chi connectivity index (χ0n) is 11.9. The summed E-state index contributed by atoms with van der Waals surface area (Å²) in [6, 6.07) is 11.5. The van der Waals surface area contributed by atoms with Crippen molar-refractivity contribution >= 4 is 22.4 Å². The fourth-order valence-corrected chi connectivity index (χ4v) is 2.14. The van der Waals surface area contributed by atoms with Gasteiger partial charge in [-0.1, -0.05) is 41.6 Å². The molecule has 1 atom stereocenters. The van der Waals surface area contributed by atoms with Gasteiger partial charge >= 0.3 is 0 Å². The molecule has 1 unspecified atom stereocenters. The zero-order valence-corrected chi connectivity index (χ0v) is 12.7. The first-order valence-corrected chi connectivity index (χ1v) is 6.83. The minimum absolute atomic E-state index is 0.624. The Labute approximate surface area is 125 Å². The molecule has 20 heavy (non-hydrogen) atoms. The van der Waals surface area contributed by atoms with Gasteiger partial charge in [-0.2, -0.15) is 0 Å². The van der Waals surface area contributed by atoms with Crippen molar-refractivity contribution in [3.8, 4) is 11.8 Å². The Morgan fingerprint density at radius 3 is 2.50 bits per heavy atom. The summed E-state index contributed by atoms with van der Waals surface area (Å²) < 4.78 is 0. The number of halogens is 1. The molecule has 0 aromatic heterocycles. The normalized spacial score (nSPS) is 13.9. The highest BCUT2D eigenvalue weighted by molar-refractivity contribution is 6.31. The van der Waals surface area contributed by atoms with E-state index in [-0.39, 0.29) is 0 Å². The highest BCUT2D eigenvalue weighted by atomic mass is 35.5. The predicted molar refractivity (Wildman–Crippen MR) is 84.9 cm³/mol. The predicted octanol–water partition coefficient (Wildman–Crippen LogP) is 3.27. The molecule has 1 N–H and O–H groups in total. The van der Waals surface area contributed by atoms with Gasteiger partial charge in [0.2, 0.25) is 0 Å². The van der Waals surface area contributed by atoms with Crippen LogP contribution < -0.4 is 0 Å². The molecule has 0 aliphatic heterocycles. The Morgan fingerprint density at radius 1 is 1.15 bits per heavy atom. The van der Waals surface area contributed by atoms with E-state index in [1.165, 1.54) is 0 Å². The van der Waals surface area contributed by atoms with Crippen molar-refractivity contribution < 1.29 is 5.11 Å². The van der Waals surface area contributed by atoms with Crippen LogP contribution in [0.4, 0.5) is 0 Å². The second-order valence-corrected chi connectivity index (χ2v) is 5.75. The van der Waals surface area contributed by atoms with Gasteiger partial charge in [0.1, 0.15) is 5.60 Å². The first-order valence-electron chi connectivity index (χ1n) is 6.45. The van der Waals surface area contributed by atoms with Crippen molar-refractivity contribution in [3.05, 3.63) is 47.0 Å². The summed E-state index contributed by atoms with van der Waals surface area (Å²) in [4.78, 5) is 1.96. The van der Waals surface area contributed by atoms with Gasteiger partial charge in [-0.3, -0.25) is 4.90 Å². The van der Waals surface area contributed by atoms with Gasteiger partial charge in [0.15, 0.2) is 0 Å². The first kappa shape index (κ1) is 14.9. The SMILES string of the molecule is CN(C)CC#CC(C)(O)c1ccc2cc(Cl)ccc2c1. The van der Waals surface area contributed by atoms with Crippen molar-refractivity contribution in [2.24, 2.45) is 0 Å². The lowest BCUT2D eigenvalue weighted by atomic mass is 9.94. The number of nitrogens with zero attached hydrogens (tertiary/aromatic N) is 1. The van der Waals surface area contributed by atoms with Gasteiger partial charge < -0.3 is 5.11 Å². The van der Waals surface area contributed by atoms with Gasteiger partial charge in [-0.25, -0.2) is 0 Å². The van der Waals surface area contributed by atoms with E-state index in [4.69, 9.17) is 11.6 Å². The van der Waals surface area contributed by atoms with E-state index < -0.39 is 5.60 Å². The third-order valence-corrected chi connectivity index (χ3v) is 3.33. The van der Waals surface area contributed by atoms with Gasteiger partial charge in [-0.15, -0.1) is 0 Å². The molecule has 0 aliphatic carbocycles. The fourth-order valence-electron chi connectivity index (χ4n) is 1.96. The lowest BCUT2D eigenvalue weighted by molar-refractivity contribution is 0.122. The molecule has 2 rings (SSSR count). The molecular weight excluding hydrogens is 270 g/mol. The minimum atomic E-state index is -1.15. The molecule has 2 aromatic rings. The van der Waals surface area contributed by atoms with Crippen LogP contribution in [0.2, 0.25) is 5.02 Å². The molecule has 0 saturated carbocycles. The van der Waals surface area contributed by atoms with Crippen molar-refractivity contribution in [2.45, 2.75) is 12.5 Å². The van der Waals surface area contributed by atoms with E-state index in [9.17, 15) is 5.11 Å². The largest absolute Gasteiger partial charge is 0.374 e. The van der Waals surface area contributed by atoms with Crippen molar-refractivity contribution in [1.82, 2.24) is 4.90 Å². The molecule has 0 bridgehead atoms. The van der Waals surface area contributed by atoms with E-state index in [0.717, 1.165) is 16.3 Å². The van der Waals surface area contributed by atoms with Crippen molar-refractivity contribution in [2.75, 3.05) is 20.6 Å². The van der Waals surface area contributed by atoms with Gasteiger partial charge in [0.25, 0.3) is 0 Å². The van der Waals surface area contributed by atoms with E-state index in [1.807, 2.05) is 55.4 Å². The highest BCUT2D eigenvalue weighted by Gasteiger charge is 2.20. The molecule has 2 nitrogen and oxygen atoms in total. The maximum atomic E-state index is 10.5. The Morgan fingerprint density at radius 2 is 1.80 bits per heavy atom. The van der Waals surface area contributed by atoms with Crippen LogP contribution >= 0.6 is 11.6 Å². The summed E-state index contributed by atoms with van der Waals surface area (Å²) in [5.41, 5.74) is -0.359. The summed E-state index contributed by atoms with van der Waals surface area (Å²) in [6.07, 6.45) is 0. The van der Waals surface area contributed by atoms with Gasteiger partial charge in [-0.05, 0) is 55.6 Å². The molecule has 0 saturated heterocycles. The van der Waals surface area contributed by atoms with Crippen LogP contribution in [0.15, 0.2) is 36.4 Å². The van der Waals surface area contributed by atoms with Gasteiger partial charge in [0, 0.05) is 5.02 Å². The number of benzene rings is 2. The Kier molecular flexibility index (Phi) is 4.35. The molecule has 0 heterocycles. The summed E-state index contributed by atoms with van der Waals surface area (Å²) in [5, 5.41) is 13.3. The van der Waals surface area contributed by atoms with Crippen LogP contribution in [0, 0.1) is 11.8 Å². The van der Waals surface area contributed by atoms with E-state index in [0.29, 0.717) is 11.6 Å². The van der Waals surface area contributed by atoms with Crippen LogP contribution in [0.25, 0.3) is 10.8 Å². The average Bonchev–Trinajstić information content (AvgIpc) is 2.37. The molecule has 0 radical (unpaired) electrons. The smallest absolute Gasteiger partial charge is 0.148 e. The van der Waals surface area contributed by atoms with Crippen LogP contribution in [-0.4, -0.2) is 30.6 Å². The second kappa shape index (κ2) is 5.85. The number of rotatable bonds is 2. The van der Waals surface area contributed by atoms with Crippen molar-refractivity contribution in [3.63, 3.8) is 0 Å². The molecule has 104 valence electrons. The van der Waals surface area contributed by atoms with E-state index in [1.54, 1.807) is 6.92 Å². The fraction of sp³-hybridized carbons (Fsp3) is 0.294. The maximum Gasteiger partial charge on any atom is 0.148 e. The van der Waals surface area contributed by atoms with Crippen LogP contribution in [-0.2, 0) is 5.60 Å². The monoisotopic (exact) mass is 287 g/mol. The summed E-state index contributed by atoms with van der Waals surface area (Å²) in [5.74, 6) is 5.91. The molecule has 0 amide bonds. The number of aliphatic hydroxyl groups is 1. The molecule has 0 spiro atoms. The Balaban J connectivity index is 2.35. The minimum Gasteiger partial charge on any atom is -0.374 e. The number of hydrogen-bond acceptors (Lipinski definition) is 2. The lowest BCUT2D eigenvalue weighted by Gasteiger charge is -2.18. The zero-order chi connectivity index (χ0) is 14.8. The average molecular weight is 288 g/mol. The van der Waals surface area contributed by atoms with Gasteiger partial charge in [0.05, 0.1) is 6.54 Å². The first-order chi connectivity index (χ1) is 9.38. The summed E-state index contributed by atoms with van der Waals surface area (Å²) in [6.45, 7) is 2.34. The third-order valence-electron chi connectivity index (χ3n) is 3.09. The Bertz CT molecular complexity index is 680. The maximum absolute atomic E-state index is 10.5. The topological polar surface area (TPSA) is 23.5 Å². The molecule has 3 heteroatoms.